The Hall–Kier alpha value is -0.900. The Bertz CT molecular complexity index is 313. The highest BCUT2D eigenvalue weighted by Crippen LogP contribution is 2.25. The molecule has 0 unspecified atom stereocenters. The fraction of sp³-hybridized carbons (Fsp3) is 0.250. The average molecular weight is 230 g/mol. The van der Waals surface area contributed by atoms with Gasteiger partial charge in [0.2, 0.25) is 0 Å². The van der Waals surface area contributed by atoms with Gasteiger partial charge in [-0.15, -0.1) is 0 Å². The van der Waals surface area contributed by atoms with Crippen molar-refractivity contribution in [3.05, 3.63) is 37.8 Å². The van der Waals surface area contributed by atoms with Crippen molar-refractivity contribution < 1.29 is 4.92 Å². The van der Waals surface area contributed by atoms with Crippen LogP contribution in [0.5, 0.6) is 0 Å². The standard InChI is InChI=1S/C8H8BrNO2/c1-5-3-7(10(11)12)4-8(9)6(5)2/h3-4H,1-2H3. The molecule has 0 bridgehead atoms. The van der Waals surface area contributed by atoms with E-state index in [0.29, 0.717) is 0 Å². The van der Waals surface area contributed by atoms with Crippen LogP contribution in [0, 0.1) is 24.0 Å². The van der Waals surface area contributed by atoms with Crippen LogP contribution in [0.2, 0.25) is 0 Å². The van der Waals surface area contributed by atoms with E-state index < -0.39 is 4.92 Å². The second kappa shape index (κ2) is 3.23. The summed E-state index contributed by atoms with van der Waals surface area (Å²) in [5.41, 5.74) is 2.10. The third kappa shape index (κ3) is 1.64. The van der Waals surface area contributed by atoms with Crippen molar-refractivity contribution >= 4 is 21.6 Å². The molecule has 0 saturated heterocycles. The highest BCUT2D eigenvalue weighted by molar-refractivity contribution is 9.10. The quantitative estimate of drug-likeness (QED) is 0.549. The van der Waals surface area contributed by atoms with E-state index in [0.717, 1.165) is 15.6 Å². The summed E-state index contributed by atoms with van der Waals surface area (Å²) in [6.45, 7) is 3.77. The molecule has 4 heteroatoms. The topological polar surface area (TPSA) is 43.1 Å². The minimum absolute atomic E-state index is 0.130. The predicted octanol–water partition coefficient (Wildman–Crippen LogP) is 2.97. The lowest BCUT2D eigenvalue weighted by Crippen LogP contribution is -1.91. The third-order valence-electron chi connectivity index (χ3n) is 1.80. The highest BCUT2D eigenvalue weighted by Gasteiger charge is 2.09. The smallest absolute Gasteiger partial charge is 0.258 e. The molecule has 1 aromatic carbocycles. The second-order valence-corrected chi connectivity index (χ2v) is 3.48. The van der Waals surface area contributed by atoms with Crippen LogP contribution in [-0.2, 0) is 0 Å². The number of hydrogen-bond donors (Lipinski definition) is 0. The summed E-state index contributed by atoms with van der Waals surface area (Å²) in [5, 5.41) is 10.4. The Morgan fingerprint density at radius 3 is 2.42 bits per heavy atom. The van der Waals surface area contributed by atoms with Crippen molar-refractivity contribution in [2.24, 2.45) is 0 Å². The van der Waals surface area contributed by atoms with Crippen LogP contribution < -0.4 is 0 Å². The molecule has 12 heavy (non-hydrogen) atoms. The molecule has 0 aliphatic carbocycles. The van der Waals surface area contributed by atoms with Gasteiger partial charge in [0.15, 0.2) is 0 Å². The number of benzene rings is 1. The zero-order chi connectivity index (χ0) is 9.30. The molecule has 1 aromatic rings. The van der Waals surface area contributed by atoms with Crippen LogP contribution in [0.25, 0.3) is 0 Å². The van der Waals surface area contributed by atoms with Gasteiger partial charge in [-0.1, -0.05) is 15.9 Å². The number of halogens is 1. The Morgan fingerprint density at radius 2 is 2.00 bits per heavy atom. The largest absolute Gasteiger partial charge is 0.270 e. The second-order valence-electron chi connectivity index (χ2n) is 2.63. The number of rotatable bonds is 1. The van der Waals surface area contributed by atoms with Crippen LogP contribution >= 0.6 is 15.9 Å². The van der Waals surface area contributed by atoms with Gasteiger partial charge < -0.3 is 0 Å². The van der Waals surface area contributed by atoms with Crippen molar-refractivity contribution in [3.8, 4) is 0 Å². The lowest BCUT2D eigenvalue weighted by atomic mass is 10.1. The highest BCUT2D eigenvalue weighted by atomic mass is 79.9. The summed E-state index contributed by atoms with van der Waals surface area (Å²) >= 11 is 3.26. The molecule has 0 atom stereocenters. The molecule has 0 fully saturated rings. The molecule has 1 rings (SSSR count). The maximum atomic E-state index is 10.4. The van der Waals surface area contributed by atoms with E-state index in [4.69, 9.17) is 0 Å². The lowest BCUT2D eigenvalue weighted by Gasteiger charge is -2.01. The molecular formula is C8H8BrNO2. The predicted molar refractivity (Wildman–Crippen MR) is 50.3 cm³/mol. The monoisotopic (exact) mass is 229 g/mol. The summed E-state index contributed by atoms with van der Waals surface area (Å²) in [6, 6.07) is 3.09. The molecule has 0 aromatic heterocycles. The Labute approximate surface area is 78.7 Å². The molecule has 0 aliphatic rings. The number of aryl methyl sites for hydroxylation is 1. The minimum atomic E-state index is -0.392. The molecule has 64 valence electrons. The van der Waals surface area contributed by atoms with Gasteiger partial charge in [0, 0.05) is 16.6 Å². The van der Waals surface area contributed by atoms with Gasteiger partial charge in [0.1, 0.15) is 0 Å². The zero-order valence-corrected chi connectivity index (χ0v) is 8.38. The Kier molecular flexibility index (Phi) is 2.47. The van der Waals surface area contributed by atoms with Gasteiger partial charge in [-0.3, -0.25) is 10.1 Å². The third-order valence-corrected chi connectivity index (χ3v) is 2.62. The van der Waals surface area contributed by atoms with Crippen LogP contribution in [-0.4, -0.2) is 4.92 Å². The van der Waals surface area contributed by atoms with Gasteiger partial charge in [0.05, 0.1) is 4.92 Å². The van der Waals surface area contributed by atoms with E-state index in [9.17, 15) is 10.1 Å². The minimum Gasteiger partial charge on any atom is -0.258 e. The first kappa shape index (κ1) is 9.19. The van der Waals surface area contributed by atoms with Crippen LogP contribution in [0.3, 0.4) is 0 Å². The van der Waals surface area contributed by atoms with E-state index in [1.807, 2.05) is 13.8 Å². The van der Waals surface area contributed by atoms with E-state index in [1.54, 1.807) is 6.07 Å². The molecular weight excluding hydrogens is 222 g/mol. The fourth-order valence-electron chi connectivity index (χ4n) is 0.904. The van der Waals surface area contributed by atoms with Gasteiger partial charge in [-0.25, -0.2) is 0 Å². The molecule has 0 aliphatic heterocycles. The summed E-state index contributed by atoms with van der Waals surface area (Å²) in [4.78, 5) is 10.0. The first-order valence-electron chi connectivity index (χ1n) is 3.43. The van der Waals surface area contributed by atoms with Gasteiger partial charge in [-0.2, -0.15) is 0 Å². The van der Waals surface area contributed by atoms with E-state index in [2.05, 4.69) is 15.9 Å². The molecule has 0 amide bonds. The number of nitro benzene ring substituents is 1. The Morgan fingerprint density at radius 1 is 1.42 bits per heavy atom. The van der Waals surface area contributed by atoms with Crippen LogP contribution in [0.4, 0.5) is 5.69 Å². The van der Waals surface area contributed by atoms with E-state index >= 15 is 0 Å². The number of nitro groups is 1. The maximum Gasteiger partial charge on any atom is 0.270 e. The summed E-state index contributed by atoms with van der Waals surface area (Å²) in [6.07, 6.45) is 0. The van der Waals surface area contributed by atoms with Gasteiger partial charge >= 0.3 is 0 Å². The van der Waals surface area contributed by atoms with Crippen molar-refractivity contribution in [2.75, 3.05) is 0 Å². The number of nitrogens with zero attached hydrogens (tertiary/aromatic N) is 1. The van der Waals surface area contributed by atoms with E-state index in [-0.39, 0.29) is 5.69 Å². The molecule has 0 radical (unpaired) electrons. The lowest BCUT2D eigenvalue weighted by molar-refractivity contribution is -0.385. The normalized spacial score (nSPS) is 9.92. The summed E-state index contributed by atoms with van der Waals surface area (Å²) < 4.78 is 0.786. The zero-order valence-electron chi connectivity index (χ0n) is 6.80. The van der Waals surface area contributed by atoms with Crippen molar-refractivity contribution in [1.29, 1.82) is 0 Å². The SMILES string of the molecule is Cc1cc([N+](=O)[O-])cc(Br)c1C. The Balaban J connectivity index is 3.31. The fourth-order valence-corrected chi connectivity index (χ4v) is 1.45. The van der Waals surface area contributed by atoms with Crippen LogP contribution in [0.1, 0.15) is 11.1 Å². The van der Waals surface area contributed by atoms with Crippen molar-refractivity contribution in [3.63, 3.8) is 0 Å². The van der Waals surface area contributed by atoms with E-state index in [1.165, 1.54) is 6.07 Å². The first-order valence-corrected chi connectivity index (χ1v) is 4.23. The number of hydrogen-bond acceptors (Lipinski definition) is 2. The van der Waals surface area contributed by atoms with Crippen molar-refractivity contribution in [2.45, 2.75) is 13.8 Å². The maximum absolute atomic E-state index is 10.4. The van der Waals surface area contributed by atoms with Crippen LogP contribution in [0.15, 0.2) is 16.6 Å². The molecule has 0 N–H and O–H groups in total. The molecule has 0 spiro atoms. The summed E-state index contributed by atoms with van der Waals surface area (Å²) in [5.74, 6) is 0. The molecule has 0 saturated carbocycles. The molecule has 0 heterocycles. The average Bonchev–Trinajstić information content (AvgIpc) is 1.99. The summed E-state index contributed by atoms with van der Waals surface area (Å²) in [7, 11) is 0. The first-order chi connectivity index (χ1) is 5.52. The number of non-ortho nitro benzene ring substituents is 1. The van der Waals surface area contributed by atoms with Gasteiger partial charge in [0.25, 0.3) is 5.69 Å². The molecule has 3 nitrogen and oxygen atoms in total. The van der Waals surface area contributed by atoms with Crippen molar-refractivity contribution in [1.82, 2.24) is 0 Å². The van der Waals surface area contributed by atoms with Gasteiger partial charge in [-0.05, 0) is 25.0 Å².